The van der Waals surface area contributed by atoms with Crippen LogP contribution in [-0.4, -0.2) is 21.6 Å². The molecule has 1 saturated carbocycles. The summed E-state index contributed by atoms with van der Waals surface area (Å²) in [7, 11) is 0. The lowest BCUT2D eigenvalue weighted by Crippen LogP contribution is -2.31. The van der Waals surface area contributed by atoms with E-state index >= 15 is 0 Å². The first kappa shape index (κ1) is 17.2. The SMILES string of the molecule is Cc1cc(N2C(=O)C3CCCCC3C2=O)nn1Cc1ccc(F)cc1Cl. The minimum absolute atomic E-state index is 0.135. The molecule has 1 aliphatic carbocycles. The number of imide groups is 1. The molecule has 2 aromatic rings. The minimum Gasteiger partial charge on any atom is -0.274 e. The normalized spacial score (nSPS) is 22.8. The van der Waals surface area contributed by atoms with Crippen molar-refractivity contribution < 1.29 is 14.0 Å². The number of amides is 2. The predicted molar refractivity (Wildman–Crippen MR) is 95.4 cm³/mol. The quantitative estimate of drug-likeness (QED) is 0.768. The molecular formula is C19H19ClFN3O2. The van der Waals surface area contributed by atoms with Crippen molar-refractivity contribution in [3.8, 4) is 0 Å². The highest BCUT2D eigenvalue weighted by atomic mass is 35.5. The fourth-order valence-corrected chi connectivity index (χ4v) is 4.19. The Balaban J connectivity index is 1.62. The van der Waals surface area contributed by atoms with Gasteiger partial charge in [0.15, 0.2) is 5.82 Å². The van der Waals surface area contributed by atoms with Crippen molar-refractivity contribution in [2.24, 2.45) is 11.8 Å². The molecule has 2 aliphatic rings. The number of halogens is 2. The van der Waals surface area contributed by atoms with Crippen molar-refractivity contribution in [2.45, 2.75) is 39.2 Å². The van der Waals surface area contributed by atoms with E-state index in [0.717, 1.165) is 36.9 Å². The zero-order chi connectivity index (χ0) is 18.4. The van der Waals surface area contributed by atoms with Gasteiger partial charge in [0.1, 0.15) is 5.82 Å². The number of fused-ring (bicyclic) bond motifs is 1. The van der Waals surface area contributed by atoms with Gasteiger partial charge in [-0.05, 0) is 37.5 Å². The third-order valence-electron chi connectivity index (χ3n) is 5.37. The molecule has 5 nitrogen and oxygen atoms in total. The number of nitrogens with zero attached hydrogens (tertiary/aromatic N) is 3. The zero-order valence-corrected chi connectivity index (χ0v) is 15.2. The highest BCUT2D eigenvalue weighted by molar-refractivity contribution is 6.31. The van der Waals surface area contributed by atoms with Gasteiger partial charge in [0, 0.05) is 16.8 Å². The molecule has 2 amide bonds. The van der Waals surface area contributed by atoms with Crippen molar-refractivity contribution in [1.82, 2.24) is 9.78 Å². The Morgan fingerprint density at radius 1 is 1.15 bits per heavy atom. The lowest BCUT2D eigenvalue weighted by Gasteiger charge is -2.19. The van der Waals surface area contributed by atoms with Crippen LogP contribution >= 0.6 is 11.6 Å². The van der Waals surface area contributed by atoms with Gasteiger partial charge in [0.2, 0.25) is 11.8 Å². The first-order valence-corrected chi connectivity index (χ1v) is 9.19. The summed E-state index contributed by atoms with van der Waals surface area (Å²) in [5, 5.41) is 4.78. The van der Waals surface area contributed by atoms with E-state index in [1.807, 2.05) is 6.92 Å². The van der Waals surface area contributed by atoms with Crippen LogP contribution in [0.25, 0.3) is 0 Å². The number of carbonyl (C=O) groups is 2. The molecular weight excluding hydrogens is 357 g/mol. The van der Waals surface area contributed by atoms with Crippen LogP contribution in [0.5, 0.6) is 0 Å². The molecule has 0 N–H and O–H groups in total. The molecule has 2 unspecified atom stereocenters. The lowest BCUT2D eigenvalue weighted by molar-refractivity contribution is -0.122. The smallest absolute Gasteiger partial charge is 0.238 e. The summed E-state index contributed by atoms with van der Waals surface area (Å²) in [4.78, 5) is 26.7. The highest BCUT2D eigenvalue weighted by Gasteiger charge is 2.49. The molecule has 1 aromatic heterocycles. The standard InChI is InChI=1S/C19H19ClFN3O2/c1-11-8-17(22-23(11)10-12-6-7-13(21)9-16(12)20)24-18(25)14-4-2-3-5-15(14)19(24)26/h6-9,14-15H,2-5,10H2,1H3. The Hall–Kier alpha value is -2.21. The number of carbonyl (C=O) groups excluding carboxylic acids is 2. The third-order valence-corrected chi connectivity index (χ3v) is 5.73. The van der Waals surface area contributed by atoms with E-state index in [2.05, 4.69) is 5.10 Å². The number of rotatable bonds is 3. The molecule has 1 aliphatic heterocycles. The second-order valence-electron chi connectivity index (χ2n) is 7.05. The van der Waals surface area contributed by atoms with Crippen LogP contribution < -0.4 is 4.90 Å². The molecule has 2 atom stereocenters. The highest BCUT2D eigenvalue weighted by Crippen LogP contribution is 2.39. The molecule has 7 heteroatoms. The zero-order valence-electron chi connectivity index (χ0n) is 14.4. The maximum Gasteiger partial charge on any atom is 0.238 e. The van der Waals surface area contributed by atoms with Gasteiger partial charge >= 0.3 is 0 Å². The van der Waals surface area contributed by atoms with Gasteiger partial charge in [-0.15, -0.1) is 0 Å². The number of anilines is 1. The Morgan fingerprint density at radius 3 is 2.42 bits per heavy atom. The van der Waals surface area contributed by atoms with E-state index < -0.39 is 5.82 Å². The first-order chi connectivity index (χ1) is 12.5. The molecule has 1 aromatic carbocycles. The van der Waals surface area contributed by atoms with Crippen molar-refractivity contribution in [1.29, 1.82) is 0 Å². The van der Waals surface area contributed by atoms with Gasteiger partial charge in [0.05, 0.1) is 18.4 Å². The van der Waals surface area contributed by atoms with Gasteiger partial charge in [-0.1, -0.05) is 30.5 Å². The van der Waals surface area contributed by atoms with E-state index in [9.17, 15) is 14.0 Å². The van der Waals surface area contributed by atoms with Crippen molar-refractivity contribution >= 4 is 29.2 Å². The summed E-state index contributed by atoms with van der Waals surface area (Å²) < 4.78 is 14.9. The van der Waals surface area contributed by atoms with Gasteiger partial charge in [-0.2, -0.15) is 5.10 Å². The molecule has 136 valence electrons. The Labute approximate surface area is 155 Å². The van der Waals surface area contributed by atoms with Crippen LogP contribution in [0.15, 0.2) is 24.3 Å². The molecule has 1 saturated heterocycles. The fourth-order valence-electron chi connectivity index (χ4n) is 3.96. The summed E-state index contributed by atoms with van der Waals surface area (Å²) in [5.74, 6) is -0.701. The largest absolute Gasteiger partial charge is 0.274 e. The summed E-state index contributed by atoms with van der Waals surface area (Å²) >= 11 is 6.10. The van der Waals surface area contributed by atoms with Crippen LogP contribution in [0.4, 0.5) is 10.2 Å². The van der Waals surface area contributed by atoms with Gasteiger partial charge in [-0.3, -0.25) is 14.3 Å². The van der Waals surface area contributed by atoms with Crippen LogP contribution in [0.2, 0.25) is 5.02 Å². The number of aromatic nitrogens is 2. The average Bonchev–Trinajstić information content (AvgIpc) is 3.09. The van der Waals surface area contributed by atoms with Gasteiger partial charge in [0.25, 0.3) is 0 Å². The summed E-state index contributed by atoms with van der Waals surface area (Å²) in [5.41, 5.74) is 1.52. The molecule has 2 heterocycles. The van der Waals surface area contributed by atoms with Crippen LogP contribution in [-0.2, 0) is 16.1 Å². The summed E-state index contributed by atoms with van der Waals surface area (Å²) in [6, 6.07) is 5.96. The van der Waals surface area contributed by atoms with Crippen molar-refractivity contribution in [3.05, 3.63) is 46.4 Å². The fraction of sp³-hybridized carbons (Fsp3) is 0.421. The molecule has 0 spiro atoms. The van der Waals surface area contributed by atoms with Crippen LogP contribution in [0.1, 0.15) is 36.9 Å². The minimum atomic E-state index is -0.396. The monoisotopic (exact) mass is 375 g/mol. The van der Waals surface area contributed by atoms with Crippen molar-refractivity contribution in [3.63, 3.8) is 0 Å². The number of hydrogen-bond acceptors (Lipinski definition) is 3. The Kier molecular flexibility index (Phi) is 4.31. The van der Waals surface area contributed by atoms with Gasteiger partial charge in [-0.25, -0.2) is 9.29 Å². The maximum atomic E-state index is 13.2. The molecule has 0 radical (unpaired) electrons. The Morgan fingerprint density at radius 2 is 1.81 bits per heavy atom. The molecule has 4 rings (SSSR count). The summed E-state index contributed by atoms with van der Waals surface area (Å²) in [6.07, 6.45) is 3.53. The van der Waals surface area contributed by atoms with E-state index in [4.69, 9.17) is 11.6 Å². The van der Waals surface area contributed by atoms with Gasteiger partial charge < -0.3 is 0 Å². The molecule has 2 fully saturated rings. The van der Waals surface area contributed by atoms with Crippen LogP contribution in [0.3, 0.4) is 0 Å². The maximum absolute atomic E-state index is 13.2. The second kappa shape index (κ2) is 6.50. The number of hydrogen-bond donors (Lipinski definition) is 0. The van der Waals surface area contributed by atoms with E-state index in [1.165, 1.54) is 17.0 Å². The van der Waals surface area contributed by atoms with Crippen molar-refractivity contribution in [2.75, 3.05) is 4.90 Å². The third kappa shape index (κ3) is 2.82. The first-order valence-electron chi connectivity index (χ1n) is 8.82. The predicted octanol–water partition coefficient (Wildman–Crippen LogP) is 3.71. The Bertz CT molecular complexity index is 871. The second-order valence-corrected chi connectivity index (χ2v) is 7.45. The molecule has 0 bridgehead atoms. The topological polar surface area (TPSA) is 55.2 Å². The summed E-state index contributed by atoms with van der Waals surface area (Å²) in [6.45, 7) is 2.19. The van der Waals surface area contributed by atoms with Crippen LogP contribution in [0, 0.1) is 24.6 Å². The number of benzene rings is 1. The lowest BCUT2D eigenvalue weighted by atomic mass is 9.81. The average molecular weight is 376 g/mol. The molecule has 26 heavy (non-hydrogen) atoms. The van der Waals surface area contributed by atoms with E-state index in [1.54, 1.807) is 16.8 Å². The van der Waals surface area contributed by atoms with E-state index in [-0.39, 0.29) is 23.7 Å². The number of aryl methyl sites for hydroxylation is 1. The van der Waals surface area contributed by atoms with E-state index in [0.29, 0.717) is 17.4 Å².